The summed E-state index contributed by atoms with van der Waals surface area (Å²) in [5.41, 5.74) is -0.771. The van der Waals surface area contributed by atoms with E-state index in [-0.39, 0.29) is 5.91 Å². The third kappa shape index (κ3) is 1.84. The number of likely N-dealkylation sites (tertiary alicyclic amines) is 1. The van der Waals surface area contributed by atoms with Crippen LogP contribution in [0.4, 0.5) is 0 Å². The maximum absolute atomic E-state index is 11.5. The van der Waals surface area contributed by atoms with Crippen molar-refractivity contribution in [1.82, 2.24) is 10.2 Å². The molecule has 2 aliphatic rings. The Kier molecular flexibility index (Phi) is 2.26. The molecule has 4 heteroatoms. The van der Waals surface area contributed by atoms with Gasteiger partial charge in [0, 0.05) is 19.6 Å². The lowest BCUT2D eigenvalue weighted by molar-refractivity contribution is -0.139. The zero-order chi connectivity index (χ0) is 9.31. The molecule has 74 valence electrons. The summed E-state index contributed by atoms with van der Waals surface area (Å²) in [6.45, 7) is 3.14. The van der Waals surface area contributed by atoms with Gasteiger partial charge >= 0.3 is 0 Å². The van der Waals surface area contributed by atoms with Crippen LogP contribution in [-0.2, 0) is 4.79 Å². The first-order chi connectivity index (χ1) is 6.20. The summed E-state index contributed by atoms with van der Waals surface area (Å²) >= 11 is 0. The molecule has 2 heterocycles. The second-order valence-electron chi connectivity index (χ2n) is 4.06. The van der Waals surface area contributed by atoms with Crippen LogP contribution in [0, 0.1) is 0 Å². The number of rotatable bonds is 2. The van der Waals surface area contributed by atoms with Crippen LogP contribution in [-0.4, -0.2) is 47.7 Å². The van der Waals surface area contributed by atoms with Gasteiger partial charge < -0.3 is 15.3 Å². The number of amides is 1. The van der Waals surface area contributed by atoms with Gasteiger partial charge in [0.2, 0.25) is 5.91 Å². The highest BCUT2D eigenvalue weighted by Gasteiger charge is 2.35. The van der Waals surface area contributed by atoms with E-state index in [4.69, 9.17) is 0 Å². The number of carbonyl (C=O) groups excluding carboxylic acids is 1. The molecule has 0 aromatic rings. The number of β-amino-alcohol motifs (C(OH)–C–C–N with tert-alkyl or cyclic N) is 1. The van der Waals surface area contributed by atoms with Gasteiger partial charge in [-0.05, 0) is 19.4 Å². The highest BCUT2D eigenvalue weighted by molar-refractivity contribution is 5.78. The smallest absolute Gasteiger partial charge is 0.225 e. The predicted octanol–water partition coefficient (Wildman–Crippen LogP) is -0.667. The molecule has 0 aliphatic carbocycles. The molecule has 1 atom stereocenters. The Morgan fingerprint density at radius 2 is 2.31 bits per heavy atom. The highest BCUT2D eigenvalue weighted by Crippen LogP contribution is 2.21. The predicted molar refractivity (Wildman–Crippen MR) is 48.3 cm³/mol. The van der Waals surface area contributed by atoms with Crippen molar-refractivity contribution < 1.29 is 9.90 Å². The third-order valence-electron chi connectivity index (χ3n) is 2.91. The van der Waals surface area contributed by atoms with Crippen LogP contribution in [0.5, 0.6) is 0 Å². The average Bonchev–Trinajstić information content (AvgIpc) is 2.31. The number of nitrogens with one attached hydrogen (secondary N) is 1. The summed E-state index contributed by atoms with van der Waals surface area (Å²) in [4.78, 5) is 13.3. The average molecular weight is 184 g/mol. The molecular weight excluding hydrogens is 168 g/mol. The zero-order valence-corrected chi connectivity index (χ0v) is 7.75. The molecular formula is C9H16N2O2. The van der Waals surface area contributed by atoms with Crippen LogP contribution in [0.15, 0.2) is 0 Å². The molecule has 13 heavy (non-hydrogen) atoms. The van der Waals surface area contributed by atoms with Crippen molar-refractivity contribution in [1.29, 1.82) is 0 Å². The second-order valence-corrected chi connectivity index (χ2v) is 4.06. The van der Waals surface area contributed by atoms with Crippen molar-refractivity contribution >= 4 is 5.91 Å². The molecule has 0 spiro atoms. The lowest BCUT2D eigenvalue weighted by atomic mass is 9.97. The Morgan fingerprint density at radius 1 is 1.54 bits per heavy atom. The zero-order valence-electron chi connectivity index (χ0n) is 7.75. The molecule has 2 saturated heterocycles. The van der Waals surface area contributed by atoms with Crippen LogP contribution in [0.2, 0.25) is 0 Å². The molecule has 2 aliphatic heterocycles. The van der Waals surface area contributed by atoms with Crippen molar-refractivity contribution in [2.24, 2.45) is 0 Å². The minimum absolute atomic E-state index is 0.109. The van der Waals surface area contributed by atoms with Crippen molar-refractivity contribution in [3.05, 3.63) is 0 Å². The van der Waals surface area contributed by atoms with Crippen LogP contribution in [0.1, 0.15) is 19.3 Å². The lowest BCUT2D eigenvalue weighted by Crippen LogP contribution is -2.46. The molecule has 0 radical (unpaired) electrons. The molecule has 2 fully saturated rings. The minimum atomic E-state index is -0.771. The molecule has 1 unspecified atom stereocenters. The van der Waals surface area contributed by atoms with Gasteiger partial charge in [0.25, 0.3) is 0 Å². The first-order valence-corrected chi connectivity index (χ1v) is 4.91. The molecule has 0 aromatic heterocycles. The van der Waals surface area contributed by atoms with Gasteiger partial charge in [0.05, 0.1) is 12.0 Å². The van der Waals surface area contributed by atoms with Gasteiger partial charge in [-0.3, -0.25) is 4.79 Å². The van der Waals surface area contributed by atoms with Crippen LogP contribution in [0.3, 0.4) is 0 Å². The number of nitrogens with zero attached hydrogens (tertiary/aromatic N) is 1. The molecule has 0 aromatic carbocycles. The van der Waals surface area contributed by atoms with Gasteiger partial charge in [-0.15, -0.1) is 0 Å². The van der Waals surface area contributed by atoms with Crippen LogP contribution in [0.25, 0.3) is 0 Å². The fourth-order valence-corrected chi connectivity index (χ4v) is 1.84. The van der Waals surface area contributed by atoms with Crippen molar-refractivity contribution in [2.45, 2.75) is 24.9 Å². The Balaban J connectivity index is 1.85. The number of hydrogen-bond acceptors (Lipinski definition) is 3. The topological polar surface area (TPSA) is 52.6 Å². The molecule has 4 nitrogen and oxygen atoms in total. The molecule has 0 bridgehead atoms. The van der Waals surface area contributed by atoms with Gasteiger partial charge in [0.15, 0.2) is 0 Å². The van der Waals surface area contributed by atoms with E-state index in [1.165, 1.54) is 0 Å². The quantitative estimate of drug-likeness (QED) is 0.598. The standard InChI is InChI=1S/C9H16N2O2/c12-8(11-4-1-5-11)6-9(13)2-3-10-7-9/h10,13H,1-7H2. The maximum atomic E-state index is 11.5. The summed E-state index contributed by atoms with van der Waals surface area (Å²) in [6.07, 6.45) is 2.11. The van der Waals surface area contributed by atoms with E-state index in [0.29, 0.717) is 19.4 Å². The summed E-state index contributed by atoms with van der Waals surface area (Å²) < 4.78 is 0. The SMILES string of the molecule is O=C(CC1(O)CCNC1)N1CCC1. The van der Waals surface area contributed by atoms with Crippen molar-refractivity contribution in [3.8, 4) is 0 Å². The Bertz CT molecular complexity index is 208. The Morgan fingerprint density at radius 3 is 2.77 bits per heavy atom. The van der Waals surface area contributed by atoms with E-state index in [1.807, 2.05) is 4.90 Å². The highest BCUT2D eigenvalue weighted by atomic mass is 16.3. The fraction of sp³-hybridized carbons (Fsp3) is 0.889. The van der Waals surface area contributed by atoms with E-state index < -0.39 is 5.60 Å². The molecule has 0 saturated carbocycles. The summed E-state index contributed by atoms with van der Waals surface area (Å²) in [5.74, 6) is 0.109. The number of hydrogen-bond donors (Lipinski definition) is 2. The minimum Gasteiger partial charge on any atom is -0.388 e. The summed E-state index contributed by atoms with van der Waals surface area (Å²) in [5, 5.41) is 13.0. The lowest BCUT2D eigenvalue weighted by Gasteiger charge is -2.33. The summed E-state index contributed by atoms with van der Waals surface area (Å²) in [7, 11) is 0. The van der Waals surface area contributed by atoms with E-state index >= 15 is 0 Å². The van der Waals surface area contributed by atoms with Crippen LogP contribution < -0.4 is 5.32 Å². The van der Waals surface area contributed by atoms with Gasteiger partial charge in [-0.25, -0.2) is 0 Å². The molecule has 1 amide bonds. The van der Waals surface area contributed by atoms with Gasteiger partial charge in [-0.1, -0.05) is 0 Å². The van der Waals surface area contributed by atoms with E-state index in [1.54, 1.807) is 0 Å². The monoisotopic (exact) mass is 184 g/mol. The van der Waals surface area contributed by atoms with Gasteiger partial charge in [0.1, 0.15) is 0 Å². The van der Waals surface area contributed by atoms with Crippen molar-refractivity contribution in [3.63, 3.8) is 0 Å². The van der Waals surface area contributed by atoms with E-state index in [0.717, 1.165) is 26.1 Å². The third-order valence-corrected chi connectivity index (χ3v) is 2.91. The first kappa shape index (κ1) is 8.97. The van der Waals surface area contributed by atoms with E-state index in [9.17, 15) is 9.90 Å². The van der Waals surface area contributed by atoms with Gasteiger partial charge in [-0.2, -0.15) is 0 Å². The largest absolute Gasteiger partial charge is 0.388 e. The Labute approximate surface area is 77.9 Å². The maximum Gasteiger partial charge on any atom is 0.225 e. The van der Waals surface area contributed by atoms with Crippen molar-refractivity contribution in [2.75, 3.05) is 26.2 Å². The molecule has 2 rings (SSSR count). The molecule has 2 N–H and O–H groups in total. The second kappa shape index (κ2) is 3.27. The normalized spacial score (nSPS) is 33.2. The Hall–Kier alpha value is -0.610. The number of aliphatic hydroxyl groups is 1. The fourth-order valence-electron chi connectivity index (χ4n) is 1.84. The first-order valence-electron chi connectivity index (χ1n) is 4.91. The van der Waals surface area contributed by atoms with E-state index in [2.05, 4.69) is 5.32 Å². The van der Waals surface area contributed by atoms with Crippen LogP contribution >= 0.6 is 0 Å². The number of carbonyl (C=O) groups is 1. The summed E-state index contributed by atoms with van der Waals surface area (Å²) in [6, 6.07) is 0.